The lowest BCUT2D eigenvalue weighted by Gasteiger charge is -2.10. The van der Waals surface area contributed by atoms with Gasteiger partial charge in [0, 0.05) is 0 Å². The van der Waals surface area contributed by atoms with Gasteiger partial charge in [0.15, 0.2) is 0 Å². The van der Waals surface area contributed by atoms with E-state index in [1.165, 1.54) is 55.6 Å². The molecule has 0 atom stereocenters. The van der Waals surface area contributed by atoms with Gasteiger partial charge in [-0.2, -0.15) is 0 Å². The van der Waals surface area contributed by atoms with Crippen LogP contribution in [0.15, 0.2) is 12.1 Å². The molecular weight excluding hydrogens is 276 g/mol. The van der Waals surface area contributed by atoms with Gasteiger partial charge in [0.2, 0.25) is 0 Å². The number of rotatable bonds is 0. The molecule has 2 rings (SSSR count). The lowest BCUT2D eigenvalue weighted by atomic mass is 9.96. The Morgan fingerprint density at radius 1 is 0.348 bits per heavy atom. The summed E-state index contributed by atoms with van der Waals surface area (Å²) < 4.78 is 0. The van der Waals surface area contributed by atoms with Crippen LogP contribution in [0.5, 0.6) is 0 Å². The van der Waals surface area contributed by atoms with Crippen molar-refractivity contribution in [3.05, 3.63) is 67.8 Å². The van der Waals surface area contributed by atoms with Gasteiger partial charge in [-0.25, -0.2) is 0 Å². The molecule has 0 saturated heterocycles. The summed E-state index contributed by atoms with van der Waals surface area (Å²) in [5.41, 5.74) is 14.3. The molecule has 0 saturated carbocycles. The molecule has 0 aliphatic heterocycles. The Bertz CT molecular complexity index is 574. The van der Waals surface area contributed by atoms with E-state index in [2.05, 4.69) is 81.4 Å². The van der Waals surface area contributed by atoms with Crippen molar-refractivity contribution in [2.45, 2.75) is 76.7 Å². The van der Waals surface area contributed by atoms with E-state index in [0.717, 1.165) is 0 Å². The summed E-state index contributed by atoms with van der Waals surface area (Å²) in [4.78, 5) is 0. The molecule has 0 bridgehead atoms. The second-order valence-corrected chi connectivity index (χ2v) is 6.77. The van der Waals surface area contributed by atoms with Crippen molar-refractivity contribution in [2.75, 3.05) is 0 Å². The van der Waals surface area contributed by atoms with E-state index in [1.807, 2.05) is 0 Å². The van der Waals surface area contributed by atoms with Crippen LogP contribution in [0.2, 0.25) is 0 Å². The number of hydrogen-bond donors (Lipinski definition) is 0. The molecular formula is C23H36. The molecule has 0 amide bonds. The molecule has 0 aromatic heterocycles. The van der Waals surface area contributed by atoms with Crippen LogP contribution in [0, 0.1) is 69.2 Å². The molecule has 0 unspecified atom stereocenters. The van der Waals surface area contributed by atoms with Gasteiger partial charge >= 0.3 is 0 Å². The maximum Gasteiger partial charge on any atom is -0.0392 e. The molecule has 23 heavy (non-hydrogen) atoms. The average molecular weight is 313 g/mol. The van der Waals surface area contributed by atoms with Gasteiger partial charge in [0.25, 0.3) is 0 Å². The van der Waals surface area contributed by atoms with Gasteiger partial charge in [0.05, 0.1) is 0 Å². The van der Waals surface area contributed by atoms with E-state index >= 15 is 0 Å². The molecule has 0 radical (unpaired) electrons. The highest BCUT2D eigenvalue weighted by Gasteiger charge is 2.03. The number of hydrogen-bond acceptors (Lipinski definition) is 0. The lowest BCUT2D eigenvalue weighted by Crippen LogP contribution is -1.93. The normalized spacial score (nSPS) is 9.83. The fraction of sp³-hybridized carbons (Fsp3) is 0.478. The standard InChI is InChI=1S/2C11H16.CH4/c2*1-7-6-8(2)10(4)11(5)9(7)3;/h2*6H,1-5H3;1H4. The second-order valence-electron chi connectivity index (χ2n) is 6.77. The summed E-state index contributed by atoms with van der Waals surface area (Å²) in [6.45, 7) is 21.9. The highest BCUT2D eigenvalue weighted by atomic mass is 14.1. The van der Waals surface area contributed by atoms with Gasteiger partial charge in [-0.05, 0) is 125 Å². The van der Waals surface area contributed by atoms with Gasteiger partial charge in [-0.1, -0.05) is 19.6 Å². The molecule has 2 aromatic rings. The molecule has 0 heterocycles. The molecule has 0 heteroatoms. The van der Waals surface area contributed by atoms with Crippen LogP contribution in [-0.4, -0.2) is 0 Å². The van der Waals surface area contributed by atoms with Crippen molar-refractivity contribution in [2.24, 2.45) is 0 Å². The second kappa shape index (κ2) is 8.34. The predicted molar refractivity (Wildman–Crippen MR) is 107 cm³/mol. The maximum absolute atomic E-state index is 2.26. The third kappa shape index (κ3) is 4.70. The van der Waals surface area contributed by atoms with Crippen LogP contribution in [0.25, 0.3) is 0 Å². The average Bonchev–Trinajstić information content (AvgIpc) is 2.47. The predicted octanol–water partition coefficient (Wildman–Crippen LogP) is 7.09. The van der Waals surface area contributed by atoms with Gasteiger partial charge in [-0.3, -0.25) is 0 Å². The van der Waals surface area contributed by atoms with E-state index in [1.54, 1.807) is 0 Å². The molecule has 0 N–H and O–H groups in total. The van der Waals surface area contributed by atoms with E-state index in [-0.39, 0.29) is 7.43 Å². The molecule has 0 spiro atoms. The monoisotopic (exact) mass is 312 g/mol. The third-order valence-electron chi connectivity index (χ3n) is 5.48. The Morgan fingerprint density at radius 3 is 0.696 bits per heavy atom. The Labute approximate surface area is 145 Å². The smallest absolute Gasteiger partial charge is 0.0392 e. The summed E-state index contributed by atoms with van der Waals surface area (Å²) in [6, 6.07) is 4.52. The minimum atomic E-state index is 0. The molecule has 2 aromatic carbocycles. The van der Waals surface area contributed by atoms with Crippen LogP contribution in [-0.2, 0) is 0 Å². The van der Waals surface area contributed by atoms with Crippen LogP contribution in [0.3, 0.4) is 0 Å². The summed E-state index contributed by atoms with van der Waals surface area (Å²) in [5, 5.41) is 0. The topological polar surface area (TPSA) is 0 Å². The van der Waals surface area contributed by atoms with Crippen molar-refractivity contribution in [3.8, 4) is 0 Å². The number of benzene rings is 2. The highest BCUT2D eigenvalue weighted by Crippen LogP contribution is 2.20. The molecule has 0 nitrogen and oxygen atoms in total. The summed E-state index contributed by atoms with van der Waals surface area (Å²) in [6.07, 6.45) is 0. The zero-order valence-corrected chi connectivity index (χ0v) is 16.2. The Balaban J connectivity index is 0.000000403. The van der Waals surface area contributed by atoms with Gasteiger partial charge in [0.1, 0.15) is 0 Å². The van der Waals surface area contributed by atoms with Crippen LogP contribution >= 0.6 is 0 Å². The fourth-order valence-electron chi connectivity index (χ4n) is 2.83. The summed E-state index contributed by atoms with van der Waals surface area (Å²) in [7, 11) is 0. The van der Waals surface area contributed by atoms with Crippen LogP contribution < -0.4 is 0 Å². The van der Waals surface area contributed by atoms with Crippen LogP contribution in [0.4, 0.5) is 0 Å². The van der Waals surface area contributed by atoms with Crippen molar-refractivity contribution in [1.29, 1.82) is 0 Å². The van der Waals surface area contributed by atoms with Gasteiger partial charge in [-0.15, -0.1) is 0 Å². The first kappa shape index (κ1) is 21.4. The molecule has 0 aliphatic rings. The SMILES string of the molecule is C.Cc1cc(C)c(C)c(C)c1C.Cc1cc(C)c(C)c(C)c1C. The Hall–Kier alpha value is -1.56. The molecule has 128 valence electrons. The fourth-order valence-corrected chi connectivity index (χ4v) is 2.83. The first-order valence-corrected chi connectivity index (χ1v) is 8.15. The van der Waals surface area contributed by atoms with Crippen molar-refractivity contribution in [3.63, 3.8) is 0 Å². The van der Waals surface area contributed by atoms with E-state index in [0.29, 0.717) is 0 Å². The van der Waals surface area contributed by atoms with E-state index in [4.69, 9.17) is 0 Å². The zero-order chi connectivity index (χ0) is 17.2. The first-order valence-electron chi connectivity index (χ1n) is 8.15. The van der Waals surface area contributed by atoms with Crippen molar-refractivity contribution < 1.29 is 0 Å². The summed E-state index contributed by atoms with van der Waals surface area (Å²) in [5.74, 6) is 0. The maximum atomic E-state index is 2.26. The van der Waals surface area contributed by atoms with Crippen molar-refractivity contribution >= 4 is 0 Å². The Morgan fingerprint density at radius 2 is 0.522 bits per heavy atom. The van der Waals surface area contributed by atoms with Gasteiger partial charge < -0.3 is 0 Å². The lowest BCUT2D eigenvalue weighted by molar-refractivity contribution is 1.18. The molecule has 0 fully saturated rings. The third-order valence-corrected chi connectivity index (χ3v) is 5.48. The highest BCUT2D eigenvalue weighted by molar-refractivity contribution is 5.43. The van der Waals surface area contributed by atoms with E-state index < -0.39 is 0 Å². The molecule has 0 aliphatic carbocycles. The quantitative estimate of drug-likeness (QED) is 0.487. The zero-order valence-electron chi connectivity index (χ0n) is 16.2. The number of aryl methyl sites for hydroxylation is 4. The largest absolute Gasteiger partial charge is 0.0776 e. The first-order chi connectivity index (χ1) is 10.1. The van der Waals surface area contributed by atoms with Crippen LogP contribution in [0.1, 0.15) is 63.1 Å². The van der Waals surface area contributed by atoms with Crippen molar-refractivity contribution in [1.82, 2.24) is 0 Å². The van der Waals surface area contributed by atoms with E-state index in [9.17, 15) is 0 Å². The minimum Gasteiger partial charge on any atom is -0.0776 e. The minimum absolute atomic E-state index is 0. The summed E-state index contributed by atoms with van der Waals surface area (Å²) >= 11 is 0. The Kier molecular flexibility index (Phi) is 7.77.